The highest BCUT2D eigenvalue weighted by Crippen LogP contribution is 2.43. The van der Waals surface area contributed by atoms with Crippen molar-refractivity contribution < 1.29 is 4.74 Å². The highest BCUT2D eigenvalue weighted by atomic mass is 127. The van der Waals surface area contributed by atoms with Crippen LogP contribution in [-0.4, -0.2) is 17.3 Å². The molecule has 2 rings (SSSR count). The van der Waals surface area contributed by atoms with Crippen molar-refractivity contribution in [1.82, 2.24) is 10.2 Å². The minimum Gasteiger partial charge on any atom is -0.492 e. The fourth-order valence-corrected chi connectivity index (χ4v) is 2.58. The van der Waals surface area contributed by atoms with Gasteiger partial charge in [-0.25, -0.2) is 0 Å². The van der Waals surface area contributed by atoms with Crippen LogP contribution in [0.1, 0.15) is 24.5 Å². The van der Waals surface area contributed by atoms with Crippen molar-refractivity contribution in [2.24, 2.45) is 0 Å². The van der Waals surface area contributed by atoms with Gasteiger partial charge in [0.15, 0.2) is 10.9 Å². The van der Waals surface area contributed by atoms with E-state index in [-0.39, 0.29) is 0 Å². The summed E-state index contributed by atoms with van der Waals surface area (Å²) in [6, 6.07) is 0. The zero-order valence-electron chi connectivity index (χ0n) is 7.05. The van der Waals surface area contributed by atoms with Gasteiger partial charge in [0.25, 0.3) is 0 Å². The Labute approximate surface area is 95.0 Å². The van der Waals surface area contributed by atoms with Crippen LogP contribution in [0, 0.1) is 3.57 Å². The fourth-order valence-electron chi connectivity index (χ4n) is 1.19. The van der Waals surface area contributed by atoms with E-state index in [4.69, 9.17) is 16.3 Å². The molecule has 1 aliphatic carbocycles. The maximum Gasteiger partial charge on any atom is 0.194 e. The Bertz CT molecular complexity index is 341. The molecule has 0 aromatic carbocycles. The molecule has 70 valence electrons. The first-order chi connectivity index (χ1) is 6.24. The summed E-state index contributed by atoms with van der Waals surface area (Å²) in [6.07, 6.45) is 2.41. The van der Waals surface area contributed by atoms with Crippen LogP contribution in [0.5, 0.6) is 5.75 Å². The second kappa shape index (κ2) is 3.57. The first-order valence-electron chi connectivity index (χ1n) is 3.99. The largest absolute Gasteiger partial charge is 0.492 e. The number of halogens is 2. The summed E-state index contributed by atoms with van der Waals surface area (Å²) in [4.78, 5) is 0. The van der Waals surface area contributed by atoms with Gasteiger partial charge in [0.1, 0.15) is 0 Å². The number of nitrogens with zero attached hydrogens (tertiary/aromatic N) is 2. The van der Waals surface area contributed by atoms with Crippen molar-refractivity contribution in [2.75, 3.05) is 7.11 Å². The lowest BCUT2D eigenvalue weighted by atomic mass is 10.3. The second-order valence-electron chi connectivity index (χ2n) is 3.00. The minimum absolute atomic E-state index is 0.344. The van der Waals surface area contributed by atoms with E-state index in [9.17, 15) is 0 Å². The molecule has 1 heterocycles. The lowest BCUT2D eigenvalue weighted by Crippen LogP contribution is -1.99. The van der Waals surface area contributed by atoms with Crippen LogP contribution >= 0.6 is 34.2 Å². The van der Waals surface area contributed by atoms with Crippen molar-refractivity contribution in [3.05, 3.63) is 14.4 Å². The molecule has 13 heavy (non-hydrogen) atoms. The van der Waals surface area contributed by atoms with E-state index in [2.05, 4.69) is 32.8 Å². The molecule has 1 aliphatic rings. The lowest BCUT2D eigenvalue weighted by molar-refractivity contribution is 0.407. The van der Waals surface area contributed by atoms with E-state index < -0.39 is 0 Å². The van der Waals surface area contributed by atoms with Crippen molar-refractivity contribution in [3.8, 4) is 5.75 Å². The van der Waals surface area contributed by atoms with Crippen LogP contribution in [0.4, 0.5) is 0 Å². The molecule has 0 bridgehead atoms. The predicted molar refractivity (Wildman–Crippen MR) is 58.3 cm³/mol. The van der Waals surface area contributed by atoms with Gasteiger partial charge in [-0.05, 0) is 35.4 Å². The van der Waals surface area contributed by atoms with E-state index in [1.807, 2.05) is 0 Å². The van der Waals surface area contributed by atoms with Crippen LogP contribution in [0.15, 0.2) is 0 Å². The van der Waals surface area contributed by atoms with Crippen LogP contribution < -0.4 is 4.74 Å². The number of hydrogen-bond donors (Lipinski definition) is 0. The Morgan fingerprint density at radius 3 is 2.69 bits per heavy atom. The summed E-state index contributed by atoms with van der Waals surface area (Å²) in [5.74, 6) is 1.23. The van der Waals surface area contributed by atoms with Gasteiger partial charge in [0.05, 0.1) is 16.4 Å². The Kier molecular flexibility index (Phi) is 2.60. The van der Waals surface area contributed by atoms with Gasteiger partial charge in [0, 0.05) is 5.92 Å². The Morgan fingerprint density at radius 1 is 1.46 bits per heavy atom. The summed E-state index contributed by atoms with van der Waals surface area (Å²) < 4.78 is 6.15. The Hall–Kier alpha value is -0.100. The summed E-state index contributed by atoms with van der Waals surface area (Å²) >= 11 is 8.03. The van der Waals surface area contributed by atoms with E-state index in [1.54, 1.807) is 7.11 Å². The topological polar surface area (TPSA) is 35.0 Å². The van der Waals surface area contributed by atoms with Gasteiger partial charge in [-0.2, -0.15) is 5.10 Å². The van der Waals surface area contributed by atoms with E-state index >= 15 is 0 Å². The highest BCUT2D eigenvalue weighted by molar-refractivity contribution is 14.1. The molecule has 5 heteroatoms. The summed E-state index contributed by atoms with van der Waals surface area (Å²) in [5, 5.41) is 8.28. The van der Waals surface area contributed by atoms with Crippen molar-refractivity contribution in [2.45, 2.75) is 18.8 Å². The van der Waals surface area contributed by atoms with Gasteiger partial charge in [-0.3, -0.25) is 0 Å². The average molecular weight is 311 g/mol. The summed E-state index contributed by atoms with van der Waals surface area (Å²) in [5.41, 5.74) is 1.03. The number of methoxy groups -OCH3 is 1. The monoisotopic (exact) mass is 310 g/mol. The molecule has 0 unspecified atom stereocenters. The molecular weight excluding hydrogens is 302 g/mol. The third kappa shape index (κ3) is 1.74. The number of rotatable bonds is 2. The second-order valence-corrected chi connectivity index (χ2v) is 4.43. The molecule has 0 spiro atoms. The van der Waals surface area contributed by atoms with E-state index in [1.165, 1.54) is 12.8 Å². The Balaban J connectivity index is 2.47. The third-order valence-electron chi connectivity index (χ3n) is 2.03. The molecule has 1 aromatic rings. The molecule has 0 N–H and O–H groups in total. The average Bonchev–Trinajstić information content (AvgIpc) is 2.88. The molecule has 0 atom stereocenters. The molecule has 3 nitrogen and oxygen atoms in total. The first kappa shape index (κ1) is 9.45. The van der Waals surface area contributed by atoms with Crippen molar-refractivity contribution in [3.63, 3.8) is 0 Å². The van der Waals surface area contributed by atoms with Gasteiger partial charge < -0.3 is 4.74 Å². The SMILES string of the molecule is COc1c(Cl)nnc(C2CC2)c1I. The van der Waals surface area contributed by atoms with Gasteiger partial charge in [-0.1, -0.05) is 11.6 Å². The molecule has 0 amide bonds. The molecule has 1 aromatic heterocycles. The van der Waals surface area contributed by atoms with Crippen LogP contribution in [0.2, 0.25) is 5.15 Å². The molecular formula is C8H8ClIN2O. The lowest BCUT2D eigenvalue weighted by Gasteiger charge is -2.07. The van der Waals surface area contributed by atoms with E-state index in [0.717, 1.165) is 9.26 Å². The molecule has 1 fully saturated rings. The number of aromatic nitrogens is 2. The van der Waals surface area contributed by atoms with Crippen LogP contribution in [0.3, 0.4) is 0 Å². The predicted octanol–water partition coefficient (Wildman–Crippen LogP) is 2.62. The zero-order chi connectivity index (χ0) is 9.42. The fraction of sp³-hybridized carbons (Fsp3) is 0.500. The standard InChI is InChI=1S/C8H8ClIN2O/c1-13-7-5(10)6(4-2-3-4)11-12-8(7)9/h4H,2-3H2,1H3. The maximum absolute atomic E-state index is 5.82. The summed E-state index contributed by atoms with van der Waals surface area (Å²) in [6.45, 7) is 0. The zero-order valence-corrected chi connectivity index (χ0v) is 9.96. The maximum atomic E-state index is 5.82. The quantitative estimate of drug-likeness (QED) is 0.788. The normalized spacial score (nSPS) is 15.9. The van der Waals surface area contributed by atoms with Gasteiger partial charge in [-0.15, -0.1) is 5.10 Å². The third-order valence-corrected chi connectivity index (χ3v) is 3.32. The van der Waals surface area contributed by atoms with Crippen molar-refractivity contribution >= 4 is 34.2 Å². The molecule has 0 aliphatic heterocycles. The Morgan fingerprint density at radius 2 is 2.15 bits per heavy atom. The van der Waals surface area contributed by atoms with Gasteiger partial charge in [0.2, 0.25) is 0 Å². The first-order valence-corrected chi connectivity index (χ1v) is 5.45. The van der Waals surface area contributed by atoms with Gasteiger partial charge >= 0.3 is 0 Å². The number of ether oxygens (including phenoxy) is 1. The number of hydrogen-bond acceptors (Lipinski definition) is 3. The van der Waals surface area contributed by atoms with E-state index in [0.29, 0.717) is 16.8 Å². The molecule has 0 radical (unpaired) electrons. The smallest absolute Gasteiger partial charge is 0.194 e. The van der Waals surface area contributed by atoms with Crippen LogP contribution in [0.25, 0.3) is 0 Å². The minimum atomic E-state index is 0.344. The highest BCUT2D eigenvalue weighted by Gasteiger charge is 2.29. The summed E-state index contributed by atoms with van der Waals surface area (Å²) in [7, 11) is 1.60. The molecule has 1 saturated carbocycles. The van der Waals surface area contributed by atoms with Crippen LogP contribution in [-0.2, 0) is 0 Å². The van der Waals surface area contributed by atoms with Crippen molar-refractivity contribution in [1.29, 1.82) is 0 Å². The molecule has 0 saturated heterocycles.